The van der Waals surface area contributed by atoms with Crippen LogP contribution < -0.4 is 0 Å². The van der Waals surface area contributed by atoms with Gasteiger partial charge in [0.2, 0.25) is 0 Å². The fraction of sp³-hybridized carbons (Fsp3) is 0.650. The average Bonchev–Trinajstić information content (AvgIpc) is 2.55. The van der Waals surface area contributed by atoms with Gasteiger partial charge in [0.25, 0.3) is 0 Å². The summed E-state index contributed by atoms with van der Waals surface area (Å²) in [4.78, 5) is 0. The van der Waals surface area contributed by atoms with Gasteiger partial charge >= 0.3 is 0 Å². The topological polar surface area (TPSA) is 23.8 Å². The number of hydrogen-bond donors (Lipinski definition) is 0. The van der Waals surface area contributed by atoms with Crippen molar-refractivity contribution in [3.05, 3.63) is 34.1 Å². The quantitative estimate of drug-likeness (QED) is 0.493. The van der Waals surface area contributed by atoms with E-state index < -0.39 is 5.82 Å². The summed E-state index contributed by atoms with van der Waals surface area (Å²) in [6.45, 7) is 2.25. The van der Waals surface area contributed by atoms with Crippen LogP contribution in [0.4, 0.5) is 4.39 Å². The second kappa shape index (κ2) is 9.28. The normalized spacial score (nSPS) is 21.1. The van der Waals surface area contributed by atoms with E-state index in [4.69, 9.17) is 16.9 Å². The molecule has 126 valence electrons. The molecule has 2 rings (SSSR count). The highest BCUT2D eigenvalue weighted by Crippen LogP contribution is 2.39. The summed E-state index contributed by atoms with van der Waals surface area (Å²) in [5, 5.41) is 9.15. The molecule has 1 aromatic carbocycles. The van der Waals surface area contributed by atoms with Crippen LogP contribution in [0.5, 0.6) is 0 Å². The van der Waals surface area contributed by atoms with E-state index >= 15 is 0 Å². The molecule has 1 aliphatic carbocycles. The molecule has 23 heavy (non-hydrogen) atoms. The monoisotopic (exact) mass is 335 g/mol. The first-order valence-corrected chi connectivity index (χ1v) is 9.42. The number of rotatable bonds is 7. The minimum absolute atomic E-state index is 0.0313. The molecule has 1 aliphatic rings. The van der Waals surface area contributed by atoms with Gasteiger partial charge in [0.15, 0.2) is 0 Å². The van der Waals surface area contributed by atoms with Crippen LogP contribution in [0.3, 0.4) is 0 Å². The van der Waals surface area contributed by atoms with Crippen molar-refractivity contribution < 1.29 is 4.39 Å². The summed E-state index contributed by atoms with van der Waals surface area (Å²) < 4.78 is 13.9. The highest BCUT2D eigenvalue weighted by molar-refractivity contribution is 6.31. The average molecular weight is 336 g/mol. The number of nitriles is 1. The van der Waals surface area contributed by atoms with Gasteiger partial charge in [0, 0.05) is 0 Å². The molecule has 1 saturated carbocycles. The lowest BCUT2D eigenvalue weighted by molar-refractivity contribution is 0.301. The zero-order valence-electron chi connectivity index (χ0n) is 14.1. The standard InChI is InChI=1S/C20H27ClFN/c1-2-3-4-5-6-7-15-8-10-16(11-9-15)17-12-19(21)18(14-23)20(22)13-17/h12-13,15-16H,2-11H2,1H3/t15-,16-. The highest BCUT2D eigenvalue weighted by atomic mass is 35.5. The van der Waals surface area contributed by atoms with E-state index in [-0.39, 0.29) is 10.6 Å². The maximum atomic E-state index is 13.9. The van der Waals surface area contributed by atoms with E-state index in [2.05, 4.69) is 6.92 Å². The van der Waals surface area contributed by atoms with E-state index in [0.717, 1.165) is 24.3 Å². The molecule has 0 aromatic heterocycles. The van der Waals surface area contributed by atoms with Gasteiger partial charge in [-0.3, -0.25) is 0 Å². The summed E-state index contributed by atoms with van der Waals surface area (Å²) >= 11 is 6.03. The summed E-state index contributed by atoms with van der Waals surface area (Å²) in [5.74, 6) is 0.755. The van der Waals surface area contributed by atoms with Gasteiger partial charge in [0.1, 0.15) is 17.4 Å². The van der Waals surface area contributed by atoms with Crippen LogP contribution in [-0.4, -0.2) is 0 Å². The molecule has 3 heteroatoms. The Morgan fingerprint density at radius 2 is 1.83 bits per heavy atom. The van der Waals surface area contributed by atoms with Crippen molar-refractivity contribution in [2.75, 3.05) is 0 Å². The van der Waals surface area contributed by atoms with Crippen LogP contribution in [0, 0.1) is 23.1 Å². The second-order valence-corrected chi connectivity index (χ2v) is 7.30. The van der Waals surface area contributed by atoms with Crippen molar-refractivity contribution in [3.8, 4) is 6.07 Å². The molecule has 0 N–H and O–H groups in total. The first-order chi connectivity index (χ1) is 11.2. The molecule has 1 nitrogen and oxygen atoms in total. The predicted octanol–water partition coefficient (Wildman–Crippen LogP) is 6.99. The molecule has 1 aromatic rings. The molecule has 0 unspecified atom stereocenters. The van der Waals surface area contributed by atoms with E-state index in [0.29, 0.717) is 5.92 Å². The third-order valence-corrected chi connectivity index (χ3v) is 5.51. The van der Waals surface area contributed by atoms with Gasteiger partial charge < -0.3 is 0 Å². The zero-order chi connectivity index (χ0) is 16.7. The first-order valence-electron chi connectivity index (χ1n) is 9.04. The lowest BCUT2D eigenvalue weighted by Gasteiger charge is -2.29. The van der Waals surface area contributed by atoms with Crippen molar-refractivity contribution >= 4 is 11.6 Å². The van der Waals surface area contributed by atoms with Crippen LogP contribution in [0.15, 0.2) is 12.1 Å². The van der Waals surface area contributed by atoms with E-state index in [1.807, 2.05) is 6.07 Å². The summed E-state index contributed by atoms with van der Waals surface area (Å²) in [5.41, 5.74) is 0.934. The largest absolute Gasteiger partial charge is 0.205 e. The molecule has 0 radical (unpaired) electrons. The number of hydrogen-bond acceptors (Lipinski definition) is 1. The minimum atomic E-state index is -0.479. The van der Waals surface area contributed by atoms with E-state index in [9.17, 15) is 4.39 Å². The smallest absolute Gasteiger partial charge is 0.142 e. The van der Waals surface area contributed by atoms with E-state index in [1.165, 1.54) is 57.4 Å². The highest BCUT2D eigenvalue weighted by Gasteiger charge is 2.23. The van der Waals surface area contributed by atoms with Crippen LogP contribution in [0.2, 0.25) is 5.02 Å². The second-order valence-electron chi connectivity index (χ2n) is 6.89. The Bertz CT molecular complexity index is 518. The summed E-state index contributed by atoms with van der Waals surface area (Å²) in [6, 6.07) is 5.14. The number of halogens is 2. The molecule has 0 spiro atoms. The van der Waals surface area contributed by atoms with Crippen molar-refractivity contribution in [1.82, 2.24) is 0 Å². The van der Waals surface area contributed by atoms with Crippen LogP contribution in [0.25, 0.3) is 0 Å². The molecular formula is C20H27ClFN. The summed E-state index contributed by atoms with van der Waals surface area (Å²) in [7, 11) is 0. The Morgan fingerprint density at radius 3 is 2.43 bits per heavy atom. The van der Waals surface area contributed by atoms with Gasteiger partial charge in [-0.05, 0) is 55.2 Å². The Morgan fingerprint density at radius 1 is 1.13 bits per heavy atom. The lowest BCUT2D eigenvalue weighted by Crippen LogP contribution is -2.13. The minimum Gasteiger partial charge on any atom is -0.205 e. The fourth-order valence-corrected chi connectivity index (χ4v) is 4.01. The van der Waals surface area contributed by atoms with Crippen molar-refractivity contribution in [2.24, 2.45) is 5.92 Å². The van der Waals surface area contributed by atoms with Crippen molar-refractivity contribution in [1.29, 1.82) is 5.26 Å². The Balaban J connectivity index is 1.82. The van der Waals surface area contributed by atoms with Gasteiger partial charge in [-0.15, -0.1) is 0 Å². The molecule has 0 amide bonds. The van der Waals surface area contributed by atoms with E-state index in [1.54, 1.807) is 6.07 Å². The van der Waals surface area contributed by atoms with Crippen LogP contribution >= 0.6 is 11.6 Å². The molecule has 0 heterocycles. The predicted molar refractivity (Wildman–Crippen MR) is 94.2 cm³/mol. The molecular weight excluding hydrogens is 309 g/mol. The SMILES string of the molecule is CCCCCCC[C@H]1CC[C@H](c2cc(F)c(C#N)c(Cl)c2)CC1. The molecule has 0 aliphatic heterocycles. The van der Waals surface area contributed by atoms with Gasteiger partial charge in [-0.2, -0.15) is 5.26 Å². The first kappa shape index (κ1) is 18.3. The maximum Gasteiger partial charge on any atom is 0.142 e. The number of nitrogens with zero attached hydrogens (tertiary/aromatic N) is 1. The Labute approximate surface area is 144 Å². The lowest BCUT2D eigenvalue weighted by atomic mass is 9.77. The molecule has 0 atom stereocenters. The number of unbranched alkanes of at least 4 members (excludes halogenated alkanes) is 4. The van der Waals surface area contributed by atoms with Crippen LogP contribution in [-0.2, 0) is 0 Å². The molecule has 1 fully saturated rings. The third-order valence-electron chi connectivity index (χ3n) is 5.21. The van der Waals surface area contributed by atoms with Crippen molar-refractivity contribution in [2.45, 2.75) is 77.0 Å². The molecule has 0 bridgehead atoms. The molecule has 0 saturated heterocycles. The fourth-order valence-electron chi connectivity index (χ4n) is 3.76. The Kier molecular flexibility index (Phi) is 7.37. The van der Waals surface area contributed by atoms with Gasteiger partial charge in [-0.1, -0.05) is 57.0 Å². The van der Waals surface area contributed by atoms with Gasteiger partial charge in [-0.25, -0.2) is 4.39 Å². The zero-order valence-corrected chi connectivity index (χ0v) is 14.8. The van der Waals surface area contributed by atoms with Crippen LogP contribution in [0.1, 0.15) is 88.2 Å². The van der Waals surface area contributed by atoms with Crippen molar-refractivity contribution in [3.63, 3.8) is 0 Å². The summed E-state index contributed by atoms with van der Waals surface area (Å²) in [6.07, 6.45) is 12.8. The number of benzene rings is 1. The maximum absolute atomic E-state index is 13.9. The third kappa shape index (κ3) is 5.21. The van der Waals surface area contributed by atoms with Gasteiger partial charge in [0.05, 0.1) is 5.02 Å². The Hall–Kier alpha value is -1.07.